The van der Waals surface area contributed by atoms with Crippen molar-refractivity contribution < 1.29 is 8.42 Å². The predicted octanol–water partition coefficient (Wildman–Crippen LogP) is 1.85. The maximum Gasteiger partial charge on any atom is 0.279 e. The minimum absolute atomic E-state index is 0.364. The Kier molecular flexibility index (Phi) is 5.68. The van der Waals surface area contributed by atoms with Gasteiger partial charge in [-0.05, 0) is 31.1 Å². The van der Waals surface area contributed by atoms with Crippen molar-refractivity contribution in [3.63, 3.8) is 0 Å². The summed E-state index contributed by atoms with van der Waals surface area (Å²) < 4.78 is 29.4. The summed E-state index contributed by atoms with van der Waals surface area (Å²) in [5, 5.41) is 0. The fourth-order valence-corrected chi connectivity index (χ4v) is 5.29. The van der Waals surface area contributed by atoms with E-state index in [1.807, 2.05) is 0 Å². The number of hydrogen-bond donors (Lipinski definition) is 2. The number of nitrogens with one attached hydrogen (secondary N) is 1. The van der Waals surface area contributed by atoms with Crippen LogP contribution in [0.1, 0.15) is 58.8 Å². The number of rotatable bonds is 4. The molecule has 1 heterocycles. The molecule has 3 N–H and O–H groups in total. The Morgan fingerprint density at radius 1 is 1.10 bits per heavy atom. The second-order valence-electron chi connectivity index (χ2n) is 7.37. The van der Waals surface area contributed by atoms with Crippen LogP contribution in [-0.2, 0) is 10.2 Å². The predicted molar refractivity (Wildman–Crippen MR) is 86.1 cm³/mol. The zero-order chi connectivity index (χ0) is 15.5. The lowest BCUT2D eigenvalue weighted by Crippen LogP contribution is -2.54. The lowest BCUT2D eigenvalue weighted by Gasteiger charge is -2.35. The van der Waals surface area contributed by atoms with Crippen LogP contribution in [0, 0.1) is 11.8 Å². The topological polar surface area (TPSA) is 75.4 Å². The van der Waals surface area contributed by atoms with Crippen LogP contribution in [0.15, 0.2) is 0 Å². The van der Waals surface area contributed by atoms with E-state index in [2.05, 4.69) is 18.6 Å². The average Bonchev–Trinajstić information content (AvgIpc) is 2.61. The van der Waals surface area contributed by atoms with Gasteiger partial charge in [0.05, 0.1) is 0 Å². The summed E-state index contributed by atoms with van der Waals surface area (Å²) in [6, 6.07) is 0. The third-order valence-electron chi connectivity index (χ3n) is 4.88. The van der Waals surface area contributed by atoms with Gasteiger partial charge >= 0.3 is 0 Å². The van der Waals surface area contributed by atoms with E-state index in [1.165, 1.54) is 12.8 Å². The standard InChI is InChI=1S/C15H31N3O2S/c1-13-9-14(2)11-18(10-13)21(19,20)17-12-15(16)7-5-3-4-6-8-15/h13-14,17H,3-12,16H2,1-2H3. The van der Waals surface area contributed by atoms with E-state index in [1.54, 1.807) is 4.31 Å². The molecule has 124 valence electrons. The van der Waals surface area contributed by atoms with Gasteiger partial charge in [0.25, 0.3) is 10.2 Å². The third-order valence-corrected chi connectivity index (χ3v) is 6.37. The van der Waals surface area contributed by atoms with Crippen LogP contribution in [0.25, 0.3) is 0 Å². The Morgan fingerprint density at radius 3 is 2.14 bits per heavy atom. The summed E-state index contributed by atoms with van der Waals surface area (Å²) in [7, 11) is -3.40. The maximum absolute atomic E-state index is 12.5. The molecule has 0 amide bonds. The largest absolute Gasteiger partial charge is 0.324 e. The lowest BCUT2D eigenvalue weighted by atomic mass is 9.92. The summed E-state index contributed by atoms with van der Waals surface area (Å²) in [6.07, 6.45) is 7.59. The maximum atomic E-state index is 12.5. The molecule has 2 unspecified atom stereocenters. The van der Waals surface area contributed by atoms with E-state index in [-0.39, 0.29) is 5.54 Å². The highest BCUT2D eigenvalue weighted by Gasteiger charge is 2.33. The van der Waals surface area contributed by atoms with E-state index in [0.29, 0.717) is 31.5 Å². The summed E-state index contributed by atoms with van der Waals surface area (Å²) in [4.78, 5) is 0. The molecular formula is C15H31N3O2S. The van der Waals surface area contributed by atoms with Crippen LogP contribution in [-0.4, -0.2) is 37.9 Å². The molecular weight excluding hydrogens is 286 g/mol. The molecule has 2 fully saturated rings. The Bertz CT molecular complexity index is 420. The van der Waals surface area contributed by atoms with Crippen molar-refractivity contribution in [2.45, 2.75) is 64.3 Å². The molecule has 5 nitrogen and oxygen atoms in total. The molecule has 2 rings (SSSR count). The molecule has 0 spiro atoms. The zero-order valence-electron chi connectivity index (χ0n) is 13.5. The highest BCUT2D eigenvalue weighted by molar-refractivity contribution is 7.87. The molecule has 21 heavy (non-hydrogen) atoms. The van der Waals surface area contributed by atoms with Crippen LogP contribution < -0.4 is 10.5 Å². The van der Waals surface area contributed by atoms with Gasteiger partial charge in [0.15, 0.2) is 0 Å². The van der Waals surface area contributed by atoms with E-state index in [0.717, 1.165) is 32.1 Å². The summed E-state index contributed by atoms with van der Waals surface area (Å²) >= 11 is 0. The molecule has 2 aliphatic rings. The third kappa shape index (κ3) is 4.91. The Morgan fingerprint density at radius 2 is 1.62 bits per heavy atom. The minimum atomic E-state index is -3.40. The first-order valence-electron chi connectivity index (χ1n) is 8.34. The number of hydrogen-bond acceptors (Lipinski definition) is 3. The van der Waals surface area contributed by atoms with Gasteiger partial charge in [-0.3, -0.25) is 0 Å². The minimum Gasteiger partial charge on any atom is -0.324 e. The highest BCUT2D eigenvalue weighted by Crippen LogP contribution is 2.26. The fraction of sp³-hybridized carbons (Fsp3) is 1.00. The molecule has 0 radical (unpaired) electrons. The van der Waals surface area contributed by atoms with Gasteiger partial charge in [0.2, 0.25) is 0 Å². The van der Waals surface area contributed by atoms with Crippen LogP contribution in [0.4, 0.5) is 0 Å². The van der Waals surface area contributed by atoms with Crippen molar-refractivity contribution in [3.05, 3.63) is 0 Å². The summed E-state index contributed by atoms with van der Waals surface area (Å²) in [5.41, 5.74) is 6.04. The van der Waals surface area contributed by atoms with Gasteiger partial charge in [0.1, 0.15) is 0 Å². The number of nitrogens with zero attached hydrogens (tertiary/aromatic N) is 1. The Hall–Kier alpha value is -0.170. The SMILES string of the molecule is CC1CC(C)CN(S(=O)(=O)NCC2(N)CCCCCC2)C1. The number of piperidine rings is 1. The van der Waals surface area contributed by atoms with Crippen molar-refractivity contribution in [3.8, 4) is 0 Å². The molecule has 0 aromatic rings. The van der Waals surface area contributed by atoms with Gasteiger partial charge < -0.3 is 5.73 Å². The van der Waals surface area contributed by atoms with Crippen molar-refractivity contribution in [2.75, 3.05) is 19.6 Å². The summed E-state index contributed by atoms with van der Waals surface area (Å²) in [5.74, 6) is 0.852. The van der Waals surface area contributed by atoms with Crippen LogP contribution in [0.2, 0.25) is 0 Å². The fourth-order valence-electron chi connectivity index (χ4n) is 3.74. The normalized spacial score (nSPS) is 31.8. The van der Waals surface area contributed by atoms with E-state index < -0.39 is 10.2 Å². The second kappa shape index (κ2) is 6.94. The molecule has 0 aromatic carbocycles. The zero-order valence-corrected chi connectivity index (χ0v) is 14.3. The Balaban J connectivity index is 1.94. The van der Waals surface area contributed by atoms with Gasteiger partial charge in [-0.25, -0.2) is 4.72 Å². The van der Waals surface area contributed by atoms with E-state index in [9.17, 15) is 8.42 Å². The van der Waals surface area contributed by atoms with Gasteiger partial charge in [0, 0.05) is 25.2 Å². The van der Waals surface area contributed by atoms with Crippen LogP contribution in [0.3, 0.4) is 0 Å². The lowest BCUT2D eigenvalue weighted by molar-refractivity contribution is 0.219. The molecule has 6 heteroatoms. The molecule has 0 bridgehead atoms. The van der Waals surface area contributed by atoms with Crippen LogP contribution in [0.5, 0.6) is 0 Å². The van der Waals surface area contributed by atoms with Crippen molar-refractivity contribution in [1.82, 2.24) is 9.03 Å². The average molecular weight is 317 g/mol. The monoisotopic (exact) mass is 317 g/mol. The molecule has 1 saturated heterocycles. The van der Waals surface area contributed by atoms with Crippen molar-refractivity contribution >= 4 is 10.2 Å². The van der Waals surface area contributed by atoms with Crippen molar-refractivity contribution in [1.29, 1.82) is 0 Å². The van der Waals surface area contributed by atoms with Gasteiger partial charge in [-0.1, -0.05) is 39.5 Å². The Labute approximate surface area is 129 Å². The summed E-state index contributed by atoms with van der Waals surface area (Å²) in [6.45, 7) is 5.85. The molecule has 1 saturated carbocycles. The first kappa shape index (κ1) is 17.2. The highest BCUT2D eigenvalue weighted by atomic mass is 32.2. The van der Waals surface area contributed by atoms with Gasteiger partial charge in [-0.2, -0.15) is 12.7 Å². The van der Waals surface area contributed by atoms with E-state index in [4.69, 9.17) is 5.73 Å². The van der Waals surface area contributed by atoms with E-state index >= 15 is 0 Å². The van der Waals surface area contributed by atoms with Gasteiger partial charge in [-0.15, -0.1) is 0 Å². The second-order valence-corrected chi connectivity index (χ2v) is 9.12. The first-order chi connectivity index (χ1) is 9.81. The smallest absolute Gasteiger partial charge is 0.279 e. The molecule has 0 aromatic heterocycles. The number of nitrogens with two attached hydrogens (primary N) is 1. The molecule has 1 aliphatic heterocycles. The molecule has 1 aliphatic carbocycles. The van der Waals surface area contributed by atoms with Crippen LogP contribution >= 0.6 is 0 Å². The first-order valence-corrected chi connectivity index (χ1v) is 9.78. The molecule has 2 atom stereocenters. The van der Waals surface area contributed by atoms with Crippen molar-refractivity contribution in [2.24, 2.45) is 17.6 Å². The quantitative estimate of drug-likeness (QED) is 0.777.